The standard InChI is InChI=1S/C38H52N8O7/c1-23(2)22-42-34(50)29(21-33(48)49)45-35(51)27(14-9-17-41-38(39)40)44-36(52)31-20-26(18-24-10-5-3-6-11-24)30-16-15-28(37(53)46(30)31)43-32(47)19-25-12-7-4-8-13-25/h3-8,10-13,23,26-31H,9,14-22H2,1-2H3,(H,42,50)(H,43,47)(H,44,52)(H,45,51)(H,48,49)(H4,39,40,41)/t26-,27+,28?,29+,30+,31+/m1/s1. The lowest BCUT2D eigenvalue weighted by Gasteiger charge is -2.39. The number of carbonyl (C=O) groups is 6. The molecule has 5 amide bonds. The van der Waals surface area contributed by atoms with Crippen LogP contribution in [0.25, 0.3) is 0 Å². The van der Waals surface area contributed by atoms with Crippen LogP contribution in [0.4, 0.5) is 0 Å². The van der Waals surface area contributed by atoms with E-state index >= 15 is 0 Å². The molecule has 9 N–H and O–H groups in total. The average molecular weight is 733 g/mol. The number of piperidine rings is 1. The van der Waals surface area contributed by atoms with Crippen molar-refractivity contribution < 1.29 is 33.9 Å². The summed E-state index contributed by atoms with van der Waals surface area (Å²) in [7, 11) is 0. The monoisotopic (exact) mass is 732 g/mol. The van der Waals surface area contributed by atoms with Crippen molar-refractivity contribution in [1.29, 1.82) is 0 Å². The van der Waals surface area contributed by atoms with E-state index in [0.29, 0.717) is 25.7 Å². The number of carboxylic acids is 1. The Morgan fingerprint density at radius 2 is 1.57 bits per heavy atom. The second-order valence-electron chi connectivity index (χ2n) is 14.2. The number of nitrogens with two attached hydrogens (primary N) is 2. The van der Waals surface area contributed by atoms with Crippen molar-refractivity contribution >= 4 is 41.5 Å². The van der Waals surface area contributed by atoms with Gasteiger partial charge in [-0.15, -0.1) is 0 Å². The smallest absolute Gasteiger partial charge is 0.305 e. The molecule has 2 aliphatic heterocycles. The van der Waals surface area contributed by atoms with E-state index in [4.69, 9.17) is 11.5 Å². The Morgan fingerprint density at radius 1 is 0.906 bits per heavy atom. The minimum atomic E-state index is -1.40. The number of nitrogens with zero attached hydrogens (tertiary/aromatic N) is 2. The summed E-state index contributed by atoms with van der Waals surface area (Å²) in [5, 5.41) is 20.3. The first-order valence-electron chi connectivity index (χ1n) is 18.2. The zero-order chi connectivity index (χ0) is 38.5. The average Bonchev–Trinajstić information content (AvgIpc) is 3.48. The summed E-state index contributed by atoms with van der Waals surface area (Å²) >= 11 is 0. The first kappa shape index (κ1) is 40.3. The summed E-state index contributed by atoms with van der Waals surface area (Å²) in [6.45, 7) is 4.17. The van der Waals surface area contributed by atoms with Crippen molar-refractivity contribution in [3.8, 4) is 0 Å². The lowest BCUT2D eigenvalue weighted by Crippen LogP contribution is -2.61. The lowest BCUT2D eigenvalue weighted by molar-refractivity contribution is -0.147. The van der Waals surface area contributed by atoms with Gasteiger partial charge in [-0.05, 0) is 61.5 Å². The largest absolute Gasteiger partial charge is 0.481 e. The van der Waals surface area contributed by atoms with Crippen LogP contribution in [0.5, 0.6) is 0 Å². The zero-order valence-corrected chi connectivity index (χ0v) is 30.3. The van der Waals surface area contributed by atoms with Gasteiger partial charge >= 0.3 is 5.97 Å². The van der Waals surface area contributed by atoms with Gasteiger partial charge in [-0.1, -0.05) is 74.5 Å². The van der Waals surface area contributed by atoms with Crippen LogP contribution in [-0.2, 0) is 41.6 Å². The third-order valence-corrected chi connectivity index (χ3v) is 9.53. The highest BCUT2D eigenvalue weighted by Gasteiger charge is 2.51. The van der Waals surface area contributed by atoms with Crippen LogP contribution in [-0.4, -0.2) is 94.8 Å². The highest BCUT2D eigenvalue weighted by atomic mass is 16.4. The Morgan fingerprint density at radius 3 is 2.19 bits per heavy atom. The van der Waals surface area contributed by atoms with Gasteiger partial charge in [0.25, 0.3) is 0 Å². The number of carboxylic acid groups (broad SMARTS) is 1. The SMILES string of the molecule is CC(C)CNC(=O)[C@H](CC(=O)O)NC(=O)[C@H](CCCN=C(N)N)NC(=O)[C@@H]1C[C@@H](Cc2ccccc2)[C@@H]2CCC(NC(=O)Cc3ccccc3)C(=O)N12. The van der Waals surface area contributed by atoms with Crippen LogP contribution in [0.2, 0.25) is 0 Å². The van der Waals surface area contributed by atoms with Crippen LogP contribution in [0, 0.1) is 11.8 Å². The summed E-state index contributed by atoms with van der Waals surface area (Å²) in [6.07, 6.45) is 1.67. The van der Waals surface area contributed by atoms with Crippen molar-refractivity contribution in [1.82, 2.24) is 26.2 Å². The Hall–Kier alpha value is -5.47. The summed E-state index contributed by atoms with van der Waals surface area (Å²) in [6, 6.07) is 14.3. The number of hydrogen-bond acceptors (Lipinski definition) is 7. The zero-order valence-electron chi connectivity index (χ0n) is 30.3. The van der Waals surface area contributed by atoms with Crippen LogP contribution >= 0.6 is 0 Å². The van der Waals surface area contributed by atoms with Gasteiger partial charge in [-0.2, -0.15) is 0 Å². The fraction of sp³-hybridized carbons (Fsp3) is 0.500. The van der Waals surface area contributed by atoms with Gasteiger partial charge in [0.1, 0.15) is 24.2 Å². The molecule has 2 heterocycles. The van der Waals surface area contributed by atoms with Crippen LogP contribution in [0.1, 0.15) is 63.5 Å². The normalized spacial score (nSPS) is 20.4. The molecule has 15 nitrogen and oxygen atoms in total. The lowest BCUT2D eigenvalue weighted by atomic mass is 9.86. The third kappa shape index (κ3) is 12.0. The quantitative estimate of drug-likeness (QED) is 0.0645. The van der Waals surface area contributed by atoms with Crippen LogP contribution in [0.3, 0.4) is 0 Å². The third-order valence-electron chi connectivity index (χ3n) is 9.53. The van der Waals surface area contributed by atoms with E-state index in [9.17, 15) is 33.9 Å². The molecule has 0 radical (unpaired) electrons. The second-order valence-corrected chi connectivity index (χ2v) is 14.2. The molecule has 0 spiro atoms. The van der Waals surface area contributed by atoms with E-state index in [1.54, 1.807) is 4.90 Å². The molecular formula is C38H52N8O7. The number of nitrogens with one attached hydrogen (secondary N) is 4. The van der Waals surface area contributed by atoms with Gasteiger partial charge in [0.05, 0.1) is 12.8 Å². The maximum Gasteiger partial charge on any atom is 0.305 e. The van der Waals surface area contributed by atoms with Crippen LogP contribution in [0.15, 0.2) is 65.7 Å². The number of aliphatic imine (C=N–C) groups is 1. The van der Waals surface area contributed by atoms with E-state index in [2.05, 4.69) is 26.3 Å². The van der Waals surface area contributed by atoms with E-state index < -0.39 is 54.3 Å². The molecule has 0 bridgehead atoms. The number of rotatable bonds is 18. The van der Waals surface area contributed by atoms with Gasteiger partial charge < -0.3 is 42.7 Å². The number of fused-ring (bicyclic) bond motifs is 1. The van der Waals surface area contributed by atoms with Gasteiger partial charge in [0.2, 0.25) is 29.5 Å². The number of carbonyl (C=O) groups excluding carboxylic acids is 5. The van der Waals surface area contributed by atoms with Crippen molar-refractivity contribution in [2.45, 2.75) is 95.4 Å². The number of hydrogen-bond donors (Lipinski definition) is 7. The summed E-state index contributed by atoms with van der Waals surface area (Å²) in [5.41, 5.74) is 12.8. The van der Waals surface area contributed by atoms with Crippen molar-refractivity contribution in [3.63, 3.8) is 0 Å². The van der Waals surface area contributed by atoms with E-state index in [0.717, 1.165) is 11.1 Å². The Labute approximate surface area is 309 Å². The molecule has 4 rings (SSSR count). The molecule has 6 atom stereocenters. The maximum atomic E-state index is 14.2. The number of guanidine groups is 1. The topological polar surface area (TPSA) is 238 Å². The van der Waals surface area contributed by atoms with Crippen LogP contribution < -0.4 is 32.7 Å². The molecular weight excluding hydrogens is 680 g/mol. The molecule has 2 aromatic carbocycles. The Bertz CT molecular complexity index is 1620. The molecule has 15 heteroatoms. The number of aliphatic carboxylic acids is 1. The fourth-order valence-corrected chi connectivity index (χ4v) is 7.00. The summed E-state index contributed by atoms with van der Waals surface area (Å²) in [4.78, 5) is 85.2. The molecule has 2 fully saturated rings. The van der Waals surface area contributed by atoms with Gasteiger partial charge in [-0.3, -0.25) is 33.8 Å². The summed E-state index contributed by atoms with van der Waals surface area (Å²) < 4.78 is 0. The molecule has 2 saturated heterocycles. The molecule has 0 aliphatic carbocycles. The number of amides is 5. The highest BCUT2D eigenvalue weighted by molar-refractivity contribution is 5.97. The van der Waals surface area contributed by atoms with Gasteiger partial charge in [-0.25, -0.2) is 0 Å². The molecule has 1 unspecified atom stereocenters. The van der Waals surface area contributed by atoms with Crippen molar-refractivity contribution in [3.05, 3.63) is 71.8 Å². The molecule has 0 saturated carbocycles. The van der Waals surface area contributed by atoms with E-state index in [-0.39, 0.29) is 68.0 Å². The molecule has 2 aliphatic rings. The molecule has 2 aromatic rings. The minimum Gasteiger partial charge on any atom is -0.481 e. The Kier molecular flexibility index (Phi) is 14.7. The predicted molar refractivity (Wildman–Crippen MR) is 198 cm³/mol. The van der Waals surface area contributed by atoms with Crippen molar-refractivity contribution in [2.75, 3.05) is 13.1 Å². The molecule has 53 heavy (non-hydrogen) atoms. The Balaban J connectivity index is 1.55. The first-order valence-corrected chi connectivity index (χ1v) is 18.2. The summed E-state index contributed by atoms with van der Waals surface area (Å²) in [5.74, 6) is -4.10. The van der Waals surface area contributed by atoms with E-state index in [1.807, 2.05) is 74.5 Å². The number of benzene rings is 2. The fourth-order valence-electron chi connectivity index (χ4n) is 7.00. The van der Waals surface area contributed by atoms with E-state index in [1.165, 1.54) is 0 Å². The van der Waals surface area contributed by atoms with Gasteiger partial charge in [0, 0.05) is 19.1 Å². The van der Waals surface area contributed by atoms with Crippen molar-refractivity contribution in [2.24, 2.45) is 28.3 Å². The first-order chi connectivity index (χ1) is 25.3. The second kappa shape index (κ2) is 19.4. The maximum absolute atomic E-state index is 14.2. The predicted octanol–water partition coefficient (Wildman–Crippen LogP) is 0.606. The molecule has 0 aromatic heterocycles. The molecule has 286 valence electrons. The van der Waals surface area contributed by atoms with Gasteiger partial charge in [0.15, 0.2) is 5.96 Å². The highest BCUT2D eigenvalue weighted by Crippen LogP contribution is 2.39. The minimum absolute atomic E-state index is 0.0530.